The number of imidazole rings is 1. The molecular formula is C17H23N3O. The van der Waals surface area contributed by atoms with Gasteiger partial charge in [-0.15, -0.1) is 0 Å². The van der Waals surface area contributed by atoms with Crippen molar-refractivity contribution in [3.63, 3.8) is 0 Å². The van der Waals surface area contributed by atoms with Crippen LogP contribution in [-0.2, 0) is 4.79 Å². The summed E-state index contributed by atoms with van der Waals surface area (Å²) < 4.78 is 2.31. The van der Waals surface area contributed by atoms with E-state index in [-0.39, 0.29) is 5.91 Å². The van der Waals surface area contributed by atoms with Gasteiger partial charge in [0.2, 0.25) is 5.91 Å². The third-order valence-corrected chi connectivity index (χ3v) is 4.30. The molecule has 21 heavy (non-hydrogen) atoms. The molecule has 1 aromatic heterocycles. The van der Waals surface area contributed by atoms with E-state index in [0.717, 1.165) is 17.6 Å². The molecule has 1 aliphatic rings. The second kappa shape index (κ2) is 6.29. The van der Waals surface area contributed by atoms with Gasteiger partial charge in [0, 0.05) is 18.2 Å². The van der Waals surface area contributed by atoms with Crippen LogP contribution in [0.5, 0.6) is 0 Å². The Bertz CT molecular complexity index is 626. The summed E-state index contributed by atoms with van der Waals surface area (Å²) in [5, 5.41) is 2.94. The maximum absolute atomic E-state index is 11.7. The van der Waals surface area contributed by atoms with Crippen molar-refractivity contribution < 1.29 is 4.79 Å². The fourth-order valence-corrected chi connectivity index (χ4v) is 3.21. The average molecular weight is 285 g/mol. The molecule has 4 nitrogen and oxygen atoms in total. The van der Waals surface area contributed by atoms with Crippen molar-refractivity contribution in [2.45, 2.75) is 57.9 Å². The van der Waals surface area contributed by atoms with Gasteiger partial charge in [-0.1, -0.05) is 26.2 Å². The highest BCUT2D eigenvalue weighted by Crippen LogP contribution is 2.31. The highest BCUT2D eigenvalue weighted by atomic mass is 16.1. The molecule has 0 bridgehead atoms. The maximum atomic E-state index is 11.7. The van der Waals surface area contributed by atoms with Crippen LogP contribution >= 0.6 is 0 Å². The number of hydrogen-bond acceptors (Lipinski definition) is 2. The van der Waals surface area contributed by atoms with E-state index in [1.807, 2.05) is 25.4 Å². The first-order valence-corrected chi connectivity index (χ1v) is 8.04. The van der Waals surface area contributed by atoms with E-state index in [1.165, 1.54) is 37.6 Å². The molecule has 0 atom stereocenters. The fraction of sp³-hybridized carbons (Fsp3) is 0.529. The highest BCUT2D eigenvalue weighted by molar-refractivity contribution is 5.93. The Morgan fingerprint density at radius 2 is 2.14 bits per heavy atom. The van der Waals surface area contributed by atoms with Crippen molar-refractivity contribution in [3.05, 3.63) is 24.5 Å². The molecule has 0 radical (unpaired) electrons. The molecule has 3 rings (SSSR count). The van der Waals surface area contributed by atoms with Crippen LogP contribution in [0.4, 0.5) is 5.69 Å². The van der Waals surface area contributed by atoms with E-state index in [4.69, 9.17) is 0 Å². The molecule has 1 aliphatic carbocycles. The van der Waals surface area contributed by atoms with Crippen molar-refractivity contribution in [1.29, 1.82) is 0 Å². The summed E-state index contributed by atoms with van der Waals surface area (Å²) in [6, 6.07) is 6.63. The van der Waals surface area contributed by atoms with Gasteiger partial charge >= 0.3 is 0 Å². The predicted molar refractivity (Wildman–Crippen MR) is 85.4 cm³/mol. The lowest BCUT2D eigenvalue weighted by atomic mass is 9.95. The van der Waals surface area contributed by atoms with Gasteiger partial charge < -0.3 is 9.88 Å². The third kappa shape index (κ3) is 3.09. The number of hydrogen-bond donors (Lipinski definition) is 1. The first-order valence-electron chi connectivity index (χ1n) is 8.04. The molecule has 1 saturated carbocycles. The third-order valence-electron chi connectivity index (χ3n) is 4.30. The summed E-state index contributed by atoms with van der Waals surface area (Å²) in [5.74, 6) is 0.0727. The van der Waals surface area contributed by atoms with Crippen molar-refractivity contribution in [3.8, 4) is 0 Å². The summed E-state index contributed by atoms with van der Waals surface area (Å²) >= 11 is 0. The highest BCUT2D eigenvalue weighted by Gasteiger charge is 2.17. The van der Waals surface area contributed by atoms with Gasteiger partial charge in [0.1, 0.15) is 0 Å². The second-order valence-corrected chi connectivity index (χ2v) is 5.95. The van der Waals surface area contributed by atoms with Gasteiger partial charge in [-0.2, -0.15) is 0 Å². The normalized spacial score (nSPS) is 16.2. The smallest absolute Gasteiger partial charge is 0.224 e. The zero-order chi connectivity index (χ0) is 14.7. The second-order valence-electron chi connectivity index (χ2n) is 5.95. The summed E-state index contributed by atoms with van der Waals surface area (Å²) in [4.78, 5) is 16.2. The Hall–Kier alpha value is -1.84. The van der Waals surface area contributed by atoms with Crippen molar-refractivity contribution >= 4 is 22.6 Å². The van der Waals surface area contributed by atoms with Crippen molar-refractivity contribution in [2.24, 2.45) is 0 Å². The number of fused-ring (bicyclic) bond motifs is 1. The Morgan fingerprint density at radius 1 is 1.33 bits per heavy atom. The molecule has 0 saturated heterocycles. The predicted octanol–water partition coefficient (Wildman–Crippen LogP) is 4.28. The molecule has 1 N–H and O–H groups in total. The SMILES string of the molecule is CCCC(=O)Nc1ccc2c(c1)ncn2C1CCCCC1. The fourth-order valence-electron chi connectivity index (χ4n) is 3.21. The molecule has 4 heteroatoms. The number of carbonyl (C=O) groups excluding carboxylic acids is 1. The first-order chi connectivity index (χ1) is 10.3. The summed E-state index contributed by atoms with van der Waals surface area (Å²) in [7, 11) is 0. The minimum atomic E-state index is 0.0727. The van der Waals surface area contributed by atoms with Gasteiger partial charge in [-0.25, -0.2) is 4.98 Å². The molecule has 1 amide bonds. The molecule has 0 aliphatic heterocycles. The van der Waals surface area contributed by atoms with E-state index in [9.17, 15) is 4.79 Å². The molecule has 1 heterocycles. The molecule has 1 fully saturated rings. The van der Waals surface area contributed by atoms with E-state index in [1.54, 1.807) is 0 Å². The van der Waals surface area contributed by atoms with Gasteiger partial charge in [0.15, 0.2) is 0 Å². The lowest BCUT2D eigenvalue weighted by molar-refractivity contribution is -0.116. The number of amides is 1. The van der Waals surface area contributed by atoms with Crippen LogP contribution < -0.4 is 5.32 Å². The van der Waals surface area contributed by atoms with Gasteiger partial charge in [0.25, 0.3) is 0 Å². The monoisotopic (exact) mass is 285 g/mol. The van der Waals surface area contributed by atoms with E-state index in [2.05, 4.69) is 20.9 Å². The van der Waals surface area contributed by atoms with Crippen LogP contribution in [0.3, 0.4) is 0 Å². The number of nitrogens with one attached hydrogen (secondary N) is 1. The Labute approximate surface area is 125 Å². The summed E-state index contributed by atoms with van der Waals surface area (Å²) in [5.41, 5.74) is 2.99. The molecule has 112 valence electrons. The van der Waals surface area contributed by atoms with Crippen molar-refractivity contribution in [2.75, 3.05) is 5.32 Å². The lowest BCUT2D eigenvalue weighted by Crippen LogP contribution is -2.12. The quantitative estimate of drug-likeness (QED) is 0.911. The van der Waals surface area contributed by atoms with Crippen LogP contribution in [-0.4, -0.2) is 15.5 Å². The van der Waals surface area contributed by atoms with Crippen molar-refractivity contribution in [1.82, 2.24) is 9.55 Å². The number of rotatable bonds is 4. The number of nitrogens with zero attached hydrogens (tertiary/aromatic N) is 2. The standard InChI is InChI=1S/C17H23N3O/c1-2-6-17(21)19-13-9-10-16-15(11-13)18-12-20(16)14-7-4-3-5-8-14/h9-12,14H,2-8H2,1H3,(H,19,21). The number of anilines is 1. The topological polar surface area (TPSA) is 46.9 Å². The molecule has 1 aromatic carbocycles. The Balaban J connectivity index is 1.81. The van der Waals surface area contributed by atoms with E-state index < -0.39 is 0 Å². The van der Waals surface area contributed by atoms with Crippen LogP contribution in [0.25, 0.3) is 11.0 Å². The summed E-state index contributed by atoms with van der Waals surface area (Å²) in [6.45, 7) is 2.01. The molecular weight excluding hydrogens is 262 g/mol. The number of carbonyl (C=O) groups is 1. The maximum Gasteiger partial charge on any atom is 0.224 e. The zero-order valence-electron chi connectivity index (χ0n) is 12.6. The van der Waals surface area contributed by atoms with Gasteiger partial charge in [-0.05, 0) is 37.5 Å². The first kappa shape index (κ1) is 14.1. The van der Waals surface area contributed by atoms with Crippen LogP contribution in [0.15, 0.2) is 24.5 Å². The minimum absolute atomic E-state index is 0.0727. The van der Waals surface area contributed by atoms with Gasteiger partial charge in [0.05, 0.1) is 17.4 Å². The summed E-state index contributed by atoms with van der Waals surface area (Å²) in [6.07, 6.45) is 9.87. The Morgan fingerprint density at radius 3 is 2.90 bits per heavy atom. The Kier molecular flexibility index (Phi) is 4.23. The molecule has 0 spiro atoms. The van der Waals surface area contributed by atoms with Crippen LogP contribution in [0, 0.1) is 0 Å². The molecule has 2 aromatic rings. The molecule has 0 unspecified atom stereocenters. The largest absolute Gasteiger partial charge is 0.327 e. The minimum Gasteiger partial charge on any atom is -0.327 e. The van der Waals surface area contributed by atoms with Crippen LogP contribution in [0.1, 0.15) is 57.9 Å². The number of aromatic nitrogens is 2. The van der Waals surface area contributed by atoms with Crippen LogP contribution in [0.2, 0.25) is 0 Å². The van der Waals surface area contributed by atoms with E-state index in [0.29, 0.717) is 12.5 Å². The van der Waals surface area contributed by atoms with E-state index >= 15 is 0 Å². The number of benzene rings is 1. The zero-order valence-corrected chi connectivity index (χ0v) is 12.6. The average Bonchev–Trinajstić information content (AvgIpc) is 2.91. The van der Waals surface area contributed by atoms with Gasteiger partial charge in [-0.3, -0.25) is 4.79 Å². The lowest BCUT2D eigenvalue weighted by Gasteiger charge is -2.23.